The number of benzene rings is 1. The summed E-state index contributed by atoms with van der Waals surface area (Å²) in [5.74, 6) is -0.0742. The summed E-state index contributed by atoms with van der Waals surface area (Å²) in [6.45, 7) is 2.50. The molecule has 1 aliphatic heterocycles. The highest BCUT2D eigenvalue weighted by molar-refractivity contribution is 5.94. The highest BCUT2D eigenvalue weighted by Gasteiger charge is 2.16. The maximum absolute atomic E-state index is 12.2. The van der Waals surface area contributed by atoms with Gasteiger partial charge in [0.25, 0.3) is 0 Å². The van der Waals surface area contributed by atoms with Crippen LogP contribution in [0.1, 0.15) is 19.8 Å². The first-order valence-electron chi connectivity index (χ1n) is 8.02. The van der Waals surface area contributed by atoms with E-state index in [-0.39, 0.29) is 18.1 Å². The number of rotatable bonds is 6. The monoisotopic (exact) mass is 327 g/mol. The standard InChI is InChI=1S/C17H21N5O2/c1-13(19-10-16-4-2-3-9-24-16)17(23)21-14-5-7-15(8-6-14)22-12-18-11-20-22/h3,5-9,11-13,16,19H,2,4,10H2,1H3,(H,21,23)/t13-,16+/m0/s1. The van der Waals surface area contributed by atoms with E-state index in [1.54, 1.807) is 17.3 Å². The van der Waals surface area contributed by atoms with Gasteiger partial charge in [0.2, 0.25) is 5.91 Å². The van der Waals surface area contributed by atoms with Crippen LogP contribution in [0.5, 0.6) is 0 Å². The van der Waals surface area contributed by atoms with Gasteiger partial charge in [0, 0.05) is 12.2 Å². The minimum absolute atomic E-state index is 0.0742. The fourth-order valence-corrected chi connectivity index (χ4v) is 2.43. The number of amides is 1. The van der Waals surface area contributed by atoms with Crippen LogP contribution in [0.25, 0.3) is 5.69 Å². The van der Waals surface area contributed by atoms with Gasteiger partial charge in [-0.3, -0.25) is 4.79 Å². The lowest BCUT2D eigenvalue weighted by Crippen LogP contribution is -2.42. The van der Waals surface area contributed by atoms with E-state index in [1.807, 2.05) is 37.3 Å². The van der Waals surface area contributed by atoms with E-state index in [0.717, 1.165) is 24.2 Å². The van der Waals surface area contributed by atoms with E-state index in [9.17, 15) is 4.79 Å². The van der Waals surface area contributed by atoms with Gasteiger partial charge in [-0.2, -0.15) is 5.10 Å². The zero-order valence-corrected chi connectivity index (χ0v) is 13.6. The molecule has 0 aliphatic carbocycles. The predicted octanol–water partition coefficient (Wildman–Crippen LogP) is 1.88. The molecule has 126 valence electrons. The van der Waals surface area contributed by atoms with Gasteiger partial charge in [0.15, 0.2) is 0 Å². The molecular weight excluding hydrogens is 306 g/mol. The van der Waals surface area contributed by atoms with Crippen molar-refractivity contribution in [2.45, 2.75) is 31.9 Å². The van der Waals surface area contributed by atoms with Crippen LogP contribution < -0.4 is 10.6 Å². The van der Waals surface area contributed by atoms with Crippen molar-refractivity contribution < 1.29 is 9.53 Å². The average molecular weight is 327 g/mol. The minimum atomic E-state index is -0.297. The Morgan fingerprint density at radius 2 is 2.25 bits per heavy atom. The fraction of sp³-hybridized carbons (Fsp3) is 0.353. The molecule has 0 spiro atoms. The Balaban J connectivity index is 1.49. The van der Waals surface area contributed by atoms with E-state index < -0.39 is 0 Å². The summed E-state index contributed by atoms with van der Waals surface area (Å²) in [6.07, 6.45) is 8.98. The van der Waals surface area contributed by atoms with Gasteiger partial charge >= 0.3 is 0 Å². The summed E-state index contributed by atoms with van der Waals surface area (Å²) >= 11 is 0. The molecule has 3 rings (SSSR count). The maximum Gasteiger partial charge on any atom is 0.241 e. The van der Waals surface area contributed by atoms with Crippen molar-refractivity contribution in [3.8, 4) is 5.69 Å². The molecule has 0 radical (unpaired) electrons. The Kier molecular flexibility index (Phi) is 5.22. The summed E-state index contributed by atoms with van der Waals surface area (Å²) < 4.78 is 7.15. The molecule has 0 saturated heterocycles. The number of ether oxygens (including phenoxy) is 1. The summed E-state index contributed by atoms with van der Waals surface area (Å²) in [5, 5.41) is 10.2. The molecule has 7 heteroatoms. The molecule has 2 atom stereocenters. The van der Waals surface area contributed by atoms with E-state index in [2.05, 4.69) is 20.7 Å². The van der Waals surface area contributed by atoms with Crippen LogP contribution in [0.15, 0.2) is 49.3 Å². The van der Waals surface area contributed by atoms with Crippen molar-refractivity contribution in [2.24, 2.45) is 0 Å². The number of nitrogens with one attached hydrogen (secondary N) is 2. The van der Waals surface area contributed by atoms with Gasteiger partial charge in [0.05, 0.1) is 18.0 Å². The first kappa shape index (κ1) is 16.2. The number of aromatic nitrogens is 3. The molecular formula is C17H21N5O2. The quantitative estimate of drug-likeness (QED) is 0.846. The molecule has 0 bridgehead atoms. The largest absolute Gasteiger partial charge is 0.497 e. The number of carbonyl (C=O) groups is 1. The number of anilines is 1. The third kappa shape index (κ3) is 4.20. The smallest absolute Gasteiger partial charge is 0.241 e. The van der Waals surface area contributed by atoms with Gasteiger partial charge in [-0.25, -0.2) is 9.67 Å². The zero-order chi connectivity index (χ0) is 16.8. The van der Waals surface area contributed by atoms with E-state index in [0.29, 0.717) is 6.54 Å². The molecule has 0 fully saturated rings. The van der Waals surface area contributed by atoms with Crippen LogP contribution in [-0.2, 0) is 9.53 Å². The van der Waals surface area contributed by atoms with E-state index in [4.69, 9.17) is 4.74 Å². The molecule has 2 aromatic rings. The van der Waals surface area contributed by atoms with Crippen molar-refractivity contribution in [3.63, 3.8) is 0 Å². The lowest BCUT2D eigenvalue weighted by molar-refractivity contribution is -0.117. The van der Waals surface area contributed by atoms with Crippen molar-refractivity contribution in [3.05, 3.63) is 49.3 Å². The van der Waals surface area contributed by atoms with Gasteiger partial charge in [-0.15, -0.1) is 0 Å². The number of hydrogen-bond donors (Lipinski definition) is 2. The highest BCUT2D eigenvalue weighted by Crippen LogP contribution is 2.13. The Labute approximate surface area is 140 Å². The Hall–Kier alpha value is -2.67. The molecule has 1 aromatic carbocycles. The zero-order valence-electron chi connectivity index (χ0n) is 13.6. The number of allylic oxidation sites excluding steroid dienone is 1. The van der Waals surface area contributed by atoms with Crippen molar-refractivity contribution in [2.75, 3.05) is 11.9 Å². The number of nitrogens with zero attached hydrogens (tertiary/aromatic N) is 3. The first-order chi connectivity index (χ1) is 11.7. The highest BCUT2D eigenvalue weighted by atomic mass is 16.5. The lowest BCUT2D eigenvalue weighted by atomic mass is 10.1. The third-order valence-electron chi connectivity index (χ3n) is 3.89. The van der Waals surface area contributed by atoms with Gasteiger partial charge in [0.1, 0.15) is 18.8 Å². The Morgan fingerprint density at radius 3 is 2.92 bits per heavy atom. The van der Waals surface area contributed by atoms with Crippen molar-refractivity contribution >= 4 is 11.6 Å². The SMILES string of the molecule is C[C@H](NC[C@H]1CCC=CO1)C(=O)Nc1ccc(-n2cncn2)cc1. The van der Waals surface area contributed by atoms with Gasteiger partial charge < -0.3 is 15.4 Å². The second kappa shape index (κ2) is 7.74. The summed E-state index contributed by atoms with van der Waals surface area (Å²) in [7, 11) is 0. The second-order valence-corrected chi connectivity index (χ2v) is 5.71. The summed E-state index contributed by atoms with van der Waals surface area (Å²) in [4.78, 5) is 16.2. The topological polar surface area (TPSA) is 81.1 Å². The van der Waals surface area contributed by atoms with E-state index in [1.165, 1.54) is 6.33 Å². The minimum Gasteiger partial charge on any atom is -0.497 e. The molecule has 7 nitrogen and oxygen atoms in total. The molecule has 2 heterocycles. The molecule has 1 aromatic heterocycles. The van der Waals surface area contributed by atoms with E-state index >= 15 is 0 Å². The normalized spacial score (nSPS) is 18.0. The lowest BCUT2D eigenvalue weighted by Gasteiger charge is -2.22. The molecule has 0 saturated carbocycles. The maximum atomic E-state index is 12.2. The number of hydrogen-bond acceptors (Lipinski definition) is 5. The second-order valence-electron chi connectivity index (χ2n) is 5.71. The predicted molar refractivity (Wildman–Crippen MR) is 90.7 cm³/mol. The molecule has 2 N–H and O–H groups in total. The van der Waals surface area contributed by atoms with Crippen molar-refractivity contribution in [1.82, 2.24) is 20.1 Å². The van der Waals surface area contributed by atoms with Crippen LogP contribution >= 0.6 is 0 Å². The Bertz CT molecular complexity index is 682. The first-order valence-corrected chi connectivity index (χ1v) is 8.02. The van der Waals surface area contributed by atoms with Gasteiger partial charge in [-0.1, -0.05) is 0 Å². The van der Waals surface area contributed by atoms with Crippen molar-refractivity contribution in [1.29, 1.82) is 0 Å². The molecule has 1 amide bonds. The summed E-state index contributed by atoms with van der Waals surface area (Å²) in [5.41, 5.74) is 1.63. The van der Waals surface area contributed by atoms with Crippen LogP contribution in [0, 0.1) is 0 Å². The Morgan fingerprint density at radius 1 is 1.42 bits per heavy atom. The van der Waals surface area contributed by atoms with Crippen LogP contribution in [0.3, 0.4) is 0 Å². The number of carbonyl (C=O) groups excluding carboxylic acids is 1. The fourth-order valence-electron chi connectivity index (χ4n) is 2.43. The van der Waals surface area contributed by atoms with Crippen LogP contribution in [0.2, 0.25) is 0 Å². The van der Waals surface area contributed by atoms with Crippen LogP contribution in [0.4, 0.5) is 5.69 Å². The molecule has 1 aliphatic rings. The van der Waals surface area contributed by atoms with Gasteiger partial charge in [-0.05, 0) is 50.1 Å². The molecule has 24 heavy (non-hydrogen) atoms. The molecule has 0 unspecified atom stereocenters. The third-order valence-corrected chi connectivity index (χ3v) is 3.89. The summed E-state index contributed by atoms with van der Waals surface area (Å²) in [6, 6.07) is 7.15. The average Bonchev–Trinajstić information content (AvgIpc) is 3.16. The van der Waals surface area contributed by atoms with Crippen LogP contribution in [-0.4, -0.2) is 39.4 Å².